The molecule has 2 aliphatic rings. The number of hydrogen-bond acceptors (Lipinski definition) is 5. The number of rotatable bonds is 6. The van der Waals surface area contributed by atoms with Gasteiger partial charge in [-0.2, -0.15) is 0 Å². The van der Waals surface area contributed by atoms with E-state index in [0.29, 0.717) is 19.6 Å². The van der Waals surface area contributed by atoms with Crippen molar-refractivity contribution in [3.63, 3.8) is 0 Å². The highest BCUT2D eigenvalue weighted by Crippen LogP contribution is 2.38. The maximum Gasteiger partial charge on any atom is 0.252 e. The molecular weight excluding hydrogens is 296 g/mol. The second kappa shape index (κ2) is 6.57. The summed E-state index contributed by atoms with van der Waals surface area (Å²) in [5.74, 6) is 1.13. The predicted octanol–water partition coefficient (Wildman–Crippen LogP) is 0.745. The second-order valence-corrected chi connectivity index (χ2v) is 6.79. The van der Waals surface area contributed by atoms with E-state index < -0.39 is 11.7 Å². The van der Waals surface area contributed by atoms with E-state index in [9.17, 15) is 9.90 Å². The lowest BCUT2D eigenvalue weighted by Crippen LogP contribution is -2.54. The maximum absolute atomic E-state index is 12.4. The number of hydrogen-bond donors (Lipinski definition) is 2. The topological polar surface area (TPSA) is 89.3 Å². The highest BCUT2D eigenvalue weighted by atomic mass is 16.5. The van der Waals surface area contributed by atoms with Gasteiger partial charge in [-0.1, -0.05) is 0 Å². The van der Waals surface area contributed by atoms with Crippen LogP contribution >= 0.6 is 0 Å². The number of ether oxygens (including phenoxy) is 1. The molecule has 2 fully saturated rings. The zero-order chi connectivity index (χ0) is 16.4. The first-order chi connectivity index (χ1) is 11.1. The van der Waals surface area contributed by atoms with Gasteiger partial charge in [0.05, 0.1) is 6.10 Å². The highest BCUT2D eigenvalue weighted by molar-refractivity contribution is 5.86. The molecular formula is C16H26N4O3. The van der Waals surface area contributed by atoms with E-state index in [-0.39, 0.29) is 17.7 Å². The zero-order valence-electron chi connectivity index (χ0n) is 13.9. The lowest BCUT2D eigenvalue weighted by molar-refractivity contribution is -0.159. The van der Waals surface area contributed by atoms with Gasteiger partial charge in [0.25, 0.3) is 5.91 Å². The minimum atomic E-state index is -0.624. The molecule has 2 saturated carbocycles. The number of carbonyl (C=O) groups is 1. The van der Waals surface area contributed by atoms with Crippen molar-refractivity contribution in [1.29, 1.82) is 0 Å². The van der Waals surface area contributed by atoms with Crippen LogP contribution < -0.4 is 5.32 Å². The summed E-state index contributed by atoms with van der Waals surface area (Å²) >= 11 is 0. The van der Waals surface area contributed by atoms with Gasteiger partial charge in [-0.15, -0.1) is 10.2 Å². The third kappa shape index (κ3) is 3.12. The molecule has 0 aromatic carbocycles. The quantitative estimate of drug-likeness (QED) is 0.806. The summed E-state index contributed by atoms with van der Waals surface area (Å²) < 4.78 is 7.57. The van der Waals surface area contributed by atoms with Crippen molar-refractivity contribution in [3.8, 4) is 0 Å². The van der Waals surface area contributed by atoms with Crippen LogP contribution in [-0.4, -0.2) is 50.6 Å². The molecule has 0 spiro atoms. The minimum Gasteiger partial charge on any atom is -0.393 e. The van der Waals surface area contributed by atoms with Crippen molar-refractivity contribution >= 4 is 5.91 Å². The number of aliphatic hydroxyl groups excluding tert-OH is 1. The van der Waals surface area contributed by atoms with E-state index in [1.54, 1.807) is 6.33 Å². The maximum atomic E-state index is 12.4. The molecule has 0 saturated heterocycles. The molecule has 1 aromatic rings. The number of amides is 1. The van der Waals surface area contributed by atoms with E-state index in [4.69, 9.17) is 4.74 Å². The van der Waals surface area contributed by atoms with Gasteiger partial charge in [-0.05, 0) is 39.0 Å². The Hall–Kier alpha value is -1.47. The Bertz CT molecular complexity index is 555. The van der Waals surface area contributed by atoms with Crippen molar-refractivity contribution in [2.24, 2.45) is 13.0 Å². The zero-order valence-corrected chi connectivity index (χ0v) is 13.9. The van der Waals surface area contributed by atoms with Gasteiger partial charge in [-0.3, -0.25) is 4.79 Å². The average molecular weight is 322 g/mol. The molecule has 3 rings (SSSR count). The van der Waals surface area contributed by atoms with Crippen molar-refractivity contribution in [1.82, 2.24) is 20.1 Å². The van der Waals surface area contributed by atoms with Crippen LogP contribution in [0.25, 0.3) is 0 Å². The van der Waals surface area contributed by atoms with E-state index in [2.05, 4.69) is 15.5 Å². The Labute approximate surface area is 136 Å². The largest absolute Gasteiger partial charge is 0.393 e. The van der Waals surface area contributed by atoms with Crippen molar-refractivity contribution in [3.05, 3.63) is 12.2 Å². The first-order valence-electron chi connectivity index (χ1n) is 8.50. The summed E-state index contributed by atoms with van der Waals surface area (Å²) in [5.41, 5.74) is -0.624. The molecule has 1 amide bonds. The smallest absolute Gasteiger partial charge is 0.252 e. The van der Waals surface area contributed by atoms with E-state index in [1.807, 2.05) is 18.5 Å². The third-order valence-electron chi connectivity index (χ3n) is 5.29. The Morgan fingerprint density at radius 3 is 2.87 bits per heavy atom. The van der Waals surface area contributed by atoms with Crippen LogP contribution in [0.4, 0.5) is 0 Å². The van der Waals surface area contributed by atoms with E-state index in [0.717, 1.165) is 31.5 Å². The Kier molecular flexibility index (Phi) is 4.68. The second-order valence-electron chi connectivity index (χ2n) is 6.79. The lowest BCUT2D eigenvalue weighted by atomic mass is 9.79. The predicted molar refractivity (Wildman–Crippen MR) is 83.7 cm³/mol. The van der Waals surface area contributed by atoms with Gasteiger partial charge in [0.1, 0.15) is 17.8 Å². The molecule has 0 aliphatic heterocycles. The number of aryl methyl sites for hydroxylation is 1. The molecule has 2 N–H and O–H groups in total. The first kappa shape index (κ1) is 16.4. The first-order valence-corrected chi connectivity index (χ1v) is 8.50. The summed E-state index contributed by atoms with van der Waals surface area (Å²) in [6.45, 7) is 2.95. The minimum absolute atomic E-state index is 0.0279. The fraction of sp³-hybridized carbons (Fsp3) is 0.812. The van der Waals surface area contributed by atoms with Crippen LogP contribution in [-0.2, 0) is 16.6 Å². The van der Waals surface area contributed by atoms with Crippen LogP contribution in [0.1, 0.15) is 50.8 Å². The molecule has 1 aromatic heterocycles. The number of aliphatic hydroxyl groups is 1. The molecule has 3 atom stereocenters. The molecule has 7 heteroatoms. The number of nitrogens with one attached hydrogen (secondary N) is 1. The van der Waals surface area contributed by atoms with Crippen LogP contribution in [0.2, 0.25) is 0 Å². The lowest BCUT2D eigenvalue weighted by Gasteiger charge is -2.39. The van der Waals surface area contributed by atoms with Crippen molar-refractivity contribution in [2.45, 2.75) is 56.7 Å². The van der Waals surface area contributed by atoms with Crippen molar-refractivity contribution in [2.75, 3.05) is 13.2 Å². The third-order valence-corrected chi connectivity index (χ3v) is 5.29. The fourth-order valence-electron chi connectivity index (χ4n) is 3.79. The summed E-state index contributed by atoms with van der Waals surface area (Å²) in [4.78, 5) is 12.4. The fourth-order valence-corrected chi connectivity index (χ4v) is 3.79. The molecule has 1 heterocycles. The highest BCUT2D eigenvalue weighted by Gasteiger charge is 2.45. The van der Waals surface area contributed by atoms with Crippen LogP contribution in [0, 0.1) is 5.92 Å². The molecule has 0 unspecified atom stereocenters. The number of nitrogens with zero attached hydrogens (tertiary/aromatic N) is 3. The Balaban J connectivity index is 1.54. The number of aromatic nitrogens is 3. The summed E-state index contributed by atoms with van der Waals surface area (Å²) in [6.07, 6.45) is 5.37. The van der Waals surface area contributed by atoms with Crippen LogP contribution in [0.5, 0.6) is 0 Å². The van der Waals surface area contributed by atoms with Gasteiger partial charge in [0, 0.05) is 32.0 Å². The summed E-state index contributed by atoms with van der Waals surface area (Å²) in [5, 5.41) is 21.3. The summed E-state index contributed by atoms with van der Waals surface area (Å²) in [7, 11) is 1.92. The normalized spacial score (nSPS) is 29.3. The number of carbonyl (C=O) groups excluding carboxylic acids is 1. The monoisotopic (exact) mass is 322 g/mol. The van der Waals surface area contributed by atoms with Gasteiger partial charge >= 0.3 is 0 Å². The van der Waals surface area contributed by atoms with Crippen LogP contribution in [0.3, 0.4) is 0 Å². The standard InChI is InChI=1S/C16H26N4O3/c1-3-23-16(5-4-6-16)15(22)17-9-12-7-11(8-13(12)21)14-19-18-10-20(14)2/h10-13,21H,3-9H2,1-2H3,(H,17,22)/t11-,12+,13+/m0/s1. The van der Waals surface area contributed by atoms with Crippen LogP contribution in [0.15, 0.2) is 6.33 Å². The summed E-state index contributed by atoms with van der Waals surface area (Å²) in [6, 6.07) is 0. The molecule has 2 aliphatic carbocycles. The van der Waals surface area contributed by atoms with Gasteiger partial charge < -0.3 is 19.7 Å². The Morgan fingerprint density at radius 2 is 2.30 bits per heavy atom. The molecule has 0 bridgehead atoms. The molecule has 7 nitrogen and oxygen atoms in total. The van der Waals surface area contributed by atoms with E-state index in [1.165, 1.54) is 0 Å². The van der Waals surface area contributed by atoms with Crippen molar-refractivity contribution < 1.29 is 14.6 Å². The average Bonchev–Trinajstić information content (AvgIpc) is 3.06. The van der Waals surface area contributed by atoms with Gasteiger partial charge in [0.2, 0.25) is 0 Å². The van der Waals surface area contributed by atoms with Gasteiger partial charge in [-0.25, -0.2) is 0 Å². The molecule has 128 valence electrons. The molecule has 23 heavy (non-hydrogen) atoms. The Morgan fingerprint density at radius 1 is 1.52 bits per heavy atom. The SMILES string of the molecule is CCOC1(C(=O)NC[C@H]2C[C@H](c3nncn3C)C[C@H]2O)CCC1. The van der Waals surface area contributed by atoms with Gasteiger partial charge in [0.15, 0.2) is 0 Å². The van der Waals surface area contributed by atoms with E-state index >= 15 is 0 Å². The molecule has 0 radical (unpaired) electrons.